The van der Waals surface area contributed by atoms with E-state index < -0.39 is 0 Å². The molecule has 0 aromatic carbocycles. The molecule has 4 unspecified atom stereocenters. The Balaban J connectivity index is 1.58. The van der Waals surface area contributed by atoms with Crippen LogP contribution >= 0.6 is 58.8 Å². The summed E-state index contributed by atoms with van der Waals surface area (Å²) in [4.78, 5) is 0. The van der Waals surface area contributed by atoms with Gasteiger partial charge in [0.05, 0.1) is 9.16 Å². The minimum atomic E-state index is 0.933. The zero-order valence-corrected chi connectivity index (χ0v) is 10.6. The van der Waals surface area contributed by atoms with E-state index in [1.165, 1.54) is 16.6 Å². The molecule has 3 aliphatic heterocycles. The van der Waals surface area contributed by atoms with Crippen LogP contribution in [0.5, 0.6) is 0 Å². The molecule has 3 heterocycles. The molecule has 4 atom stereocenters. The van der Waals surface area contributed by atoms with Crippen molar-refractivity contribution in [3.8, 4) is 0 Å². The summed E-state index contributed by atoms with van der Waals surface area (Å²) < 4.78 is 1.87. The fraction of sp³-hybridized carbons (Fsp3) is 1.00. The van der Waals surface area contributed by atoms with Gasteiger partial charge in [-0.25, -0.2) is 0 Å². The number of hydrogen-bond donors (Lipinski definition) is 0. The molecule has 3 rings (SSSR count). The van der Waals surface area contributed by atoms with E-state index in [0.717, 1.165) is 19.7 Å². The smallest absolute Gasteiger partial charge is 0.0648 e. The highest BCUT2D eigenvalue weighted by molar-refractivity contribution is 8.34. The summed E-state index contributed by atoms with van der Waals surface area (Å²) in [6.07, 6.45) is 0. The highest BCUT2D eigenvalue weighted by atomic mass is 32.3. The Morgan fingerprint density at radius 3 is 1.67 bits per heavy atom. The fourth-order valence-electron chi connectivity index (χ4n) is 1.20. The lowest BCUT2D eigenvalue weighted by Crippen LogP contribution is -2.19. The summed E-state index contributed by atoms with van der Waals surface area (Å²) in [6, 6.07) is 0. The molecule has 0 aromatic heterocycles. The van der Waals surface area contributed by atoms with Crippen molar-refractivity contribution in [1.82, 2.24) is 0 Å². The maximum Gasteiger partial charge on any atom is 0.0648 e. The van der Waals surface area contributed by atoms with Crippen LogP contribution in [0.3, 0.4) is 0 Å². The van der Waals surface area contributed by atoms with E-state index in [1.54, 1.807) is 0 Å². The Morgan fingerprint density at radius 1 is 0.750 bits per heavy atom. The number of thioether (sulfide) groups is 5. The predicted octanol–water partition coefficient (Wildman–Crippen LogP) is 3.04. The Bertz CT molecular complexity index is 159. The van der Waals surface area contributed by atoms with Crippen molar-refractivity contribution in [2.24, 2.45) is 0 Å². The van der Waals surface area contributed by atoms with Crippen LogP contribution in [0, 0.1) is 0 Å². The van der Waals surface area contributed by atoms with Gasteiger partial charge in [0, 0.05) is 27.1 Å². The van der Waals surface area contributed by atoms with Gasteiger partial charge in [-0.2, -0.15) is 23.5 Å². The van der Waals surface area contributed by atoms with E-state index in [9.17, 15) is 0 Å². The summed E-state index contributed by atoms with van der Waals surface area (Å²) in [5.74, 6) is 2.86. The van der Waals surface area contributed by atoms with E-state index in [-0.39, 0.29) is 0 Å². The van der Waals surface area contributed by atoms with Crippen LogP contribution in [0.2, 0.25) is 0 Å². The van der Waals surface area contributed by atoms with Crippen LogP contribution in [0.4, 0.5) is 0 Å². The molecule has 12 heavy (non-hydrogen) atoms. The predicted molar refractivity (Wildman–Crippen MR) is 67.7 cm³/mol. The normalized spacial score (nSPS) is 52.0. The molecule has 5 heteroatoms. The van der Waals surface area contributed by atoms with Crippen LogP contribution in [0.15, 0.2) is 0 Å². The third-order valence-electron chi connectivity index (χ3n) is 2.06. The lowest BCUT2D eigenvalue weighted by atomic mass is 10.6. The van der Waals surface area contributed by atoms with Gasteiger partial charge in [-0.15, -0.1) is 35.3 Å². The van der Waals surface area contributed by atoms with Gasteiger partial charge in [-0.1, -0.05) is 0 Å². The lowest BCUT2D eigenvalue weighted by molar-refractivity contribution is 1.15. The molecule has 0 aliphatic carbocycles. The highest BCUT2D eigenvalue weighted by Gasteiger charge is 2.42. The molecular weight excluding hydrogens is 244 g/mol. The molecule has 0 saturated carbocycles. The zero-order chi connectivity index (χ0) is 7.97. The van der Waals surface area contributed by atoms with Gasteiger partial charge in [0.25, 0.3) is 0 Å². The Labute approximate surface area is 94.5 Å². The second-order valence-electron chi connectivity index (χ2n) is 3.07. The van der Waals surface area contributed by atoms with Gasteiger partial charge in [0.15, 0.2) is 0 Å². The first-order valence-electron chi connectivity index (χ1n) is 4.05. The molecule has 0 radical (unpaired) electrons. The van der Waals surface area contributed by atoms with Crippen molar-refractivity contribution in [2.45, 2.75) is 19.7 Å². The van der Waals surface area contributed by atoms with Gasteiger partial charge in [-0.05, 0) is 0 Å². The number of rotatable bonds is 2. The maximum atomic E-state index is 2.26. The second kappa shape index (κ2) is 3.72. The fourth-order valence-corrected chi connectivity index (χ4v) is 9.78. The summed E-state index contributed by atoms with van der Waals surface area (Å²) in [5, 5.41) is 3.36. The van der Waals surface area contributed by atoms with Crippen molar-refractivity contribution in [1.29, 1.82) is 0 Å². The Morgan fingerprint density at radius 2 is 1.25 bits per heavy atom. The van der Waals surface area contributed by atoms with Gasteiger partial charge >= 0.3 is 0 Å². The van der Waals surface area contributed by atoms with Crippen molar-refractivity contribution in [3.63, 3.8) is 0 Å². The molecule has 3 saturated heterocycles. The summed E-state index contributed by atoms with van der Waals surface area (Å²) >= 11 is 10.9. The van der Waals surface area contributed by atoms with Gasteiger partial charge in [0.1, 0.15) is 0 Å². The van der Waals surface area contributed by atoms with Crippen molar-refractivity contribution in [3.05, 3.63) is 0 Å². The van der Waals surface area contributed by atoms with Crippen molar-refractivity contribution < 1.29 is 0 Å². The largest absolute Gasteiger partial charge is 0.154 e. The molecule has 0 aromatic rings. The maximum absolute atomic E-state index is 2.26. The average Bonchev–Trinajstić information content (AvgIpc) is 2.98. The topological polar surface area (TPSA) is 0 Å². The molecule has 0 bridgehead atoms. The van der Waals surface area contributed by atoms with E-state index in [0.29, 0.717) is 0 Å². The molecule has 3 fully saturated rings. The molecular formula is C7H10S5. The van der Waals surface area contributed by atoms with Crippen molar-refractivity contribution >= 4 is 58.8 Å². The summed E-state index contributed by atoms with van der Waals surface area (Å²) in [5.41, 5.74) is 0. The zero-order valence-electron chi connectivity index (χ0n) is 6.47. The first-order valence-corrected chi connectivity index (χ1v) is 9.19. The quantitative estimate of drug-likeness (QED) is 0.693. The third-order valence-corrected chi connectivity index (χ3v) is 9.81. The lowest BCUT2D eigenvalue weighted by Gasteiger charge is -2.26. The van der Waals surface area contributed by atoms with Crippen LogP contribution in [0.1, 0.15) is 0 Å². The first kappa shape index (κ1) is 9.01. The Kier molecular flexibility index (Phi) is 2.79. The minimum Gasteiger partial charge on any atom is -0.154 e. The molecule has 0 nitrogen and oxygen atoms in total. The van der Waals surface area contributed by atoms with Crippen LogP contribution in [0.25, 0.3) is 0 Å². The van der Waals surface area contributed by atoms with Crippen LogP contribution in [-0.2, 0) is 0 Å². The van der Waals surface area contributed by atoms with E-state index >= 15 is 0 Å². The molecule has 0 spiro atoms. The van der Waals surface area contributed by atoms with Crippen LogP contribution in [-0.4, -0.2) is 36.3 Å². The van der Waals surface area contributed by atoms with Crippen molar-refractivity contribution in [2.75, 3.05) is 16.6 Å². The molecule has 3 aliphatic rings. The van der Waals surface area contributed by atoms with Gasteiger partial charge in [-0.3, -0.25) is 0 Å². The van der Waals surface area contributed by atoms with Gasteiger partial charge in [0.2, 0.25) is 0 Å². The van der Waals surface area contributed by atoms with E-state index in [1.807, 2.05) is 0 Å². The Hall–Kier alpha value is 1.75. The van der Waals surface area contributed by atoms with E-state index in [4.69, 9.17) is 0 Å². The summed E-state index contributed by atoms with van der Waals surface area (Å²) in [7, 11) is 0. The summed E-state index contributed by atoms with van der Waals surface area (Å²) in [6.45, 7) is 0. The molecule has 68 valence electrons. The van der Waals surface area contributed by atoms with Gasteiger partial charge < -0.3 is 0 Å². The number of hydrogen-bond acceptors (Lipinski definition) is 5. The SMILES string of the molecule is C1SC(C2CS2)SC(C2CS2)S1. The minimum absolute atomic E-state index is 0.933. The highest BCUT2D eigenvalue weighted by Crippen LogP contribution is 2.56. The second-order valence-corrected chi connectivity index (χ2v) is 10.1. The van der Waals surface area contributed by atoms with E-state index in [2.05, 4.69) is 58.8 Å². The third kappa shape index (κ3) is 2.05. The average molecular weight is 254 g/mol. The standard InChI is InChI=1S/C7H10S5/c1-4(8-1)6-10-3-11-7(12-6)5-2-9-5/h4-7H,1-3H2. The molecule has 0 amide bonds. The molecule has 0 N–H and O–H groups in total. The first-order chi connectivity index (χ1) is 5.93. The van der Waals surface area contributed by atoms with Crippen LogP contribution < -0.4 is 0 Å². The monoisotopic (exact) mass is 254 g/mol.